The molecule has 0 bridgehead atoms. The molecule has 1 aliphatic carbocycles. The Morgan fingerprint density at radius 3 is 2.61 bits per heavy atom. The number of amides is 1. The zero-order valence-electron chi connectivity index (χ0n) is 16.8. The number of ether oxygens (including phenoxy) is 3. The van der Waals surface area contributed by atoms with Crippen molar-refractivity contribution < 1.29 is 23.8 Å². The quantitative estimate of drug-likeness (QED) is 0.724. The summed E-state index contributed by atoms with van der Waals surface area (Å²) >= 11 is 0. The highest BCUT2D eigenvalue weighted by molar-refractivity contribution is 5.91. The van der Waals surface area contributed by atoms with Crippen molar-refractivity contribution in [1.82, 2.24) is 5.32 Å². The minimum atomic E-state index is -0.508. The fraction of sp³-hybridized carbons (Fsp3) is 0.636. The summed E-state index contributed by atoms with van der Waals surface area (Å²) in [5, 5.41) is 3.01. The summed E-state index contributed by atoms with van der Waals surface area (Å²) in [5.74, 6) is 0.977. The van der Waals surface area contributed by atoms with Gasteiger partial charge < -0.3 is 19.5 Å². The fourth-order valence-corrected chi connectivity index (χ4v) is 3.90. The zero-order chi connectivity index (χ0) is 19.9. The van der Waals surface area contributed by atoms with Crippen LogP contribution in [0.15, 0.2) is 24.3 Å². The van der Waals surface area contributed by atoms with Crippen LogP contribution >= 0.6 is 0 Å². The van der Waals surface area contributed by atoms with Crippen LogP contribution in [0.2, 0.25) is 0 Å². The van der Waals surface area contributed by atoms with Crippen molar-refractivity contribution in [2.45, 2.75) is 58.1 Å². The number of hydrogen-bond donors (Lipinski definition) is 1. The van der Waals surface area contributed by atoms with Crippen molar-refractivity contribution in [3.63, 3.8) is 0 Å². The molecule has 1 aromatic carbocycles. The maximum absolute atomic E-state index is 12.2. The molecule has 4 atom stereocenters. The molecule has 28 heavy (non-hydrogen) atoms. The van der Waals surface area contributed by atoms with Crippen molar-refractivity contribution in [1.29, 1.82) is 0 Å². The summed E-state index contributed by atoms with van der Waals surface area (Å²) in [6.45, 7) is 5.45. The highest BCUT2D eigenvalue weighted by Crippen LogP contribution is 2.29. The number of nitrogens with one attached hydrogen (secondary N) is 1. The number of hydrogen-bond acceptors (Lipinski definition) is 5. The topological polar surface area (TPSA) is 73.9 Å². The zero-order valence-corrected chi connectivity index (χ0v) is 16.8. The van der Waals surface area contributed by atoms with Crippen LogP contribution in [-0.4, -0.2) is 43.8 Å². The van der Waals surface area contributed by atoms with Gasteiger partial charge in [0.05, 0.1) is 11.7 Å². The molecule has 6 heteroatoms. The summed E-state index contributed by atoms with van der Waals surface area (Å²) < 4.78 is 16.4. The molecule has 0 unspecified atom stereocenters. The predicted molar refractivity (Wildman–Crippen MR) is 105 cm³/mol. The fourth-order valence-electron chi connectivity index (χ4n) is 3.90. The van der Waals surface area contributed by atoms with E-state index in [1.807, 2.05) is 0 Å². The van der Waals surface area contributed by atoms with E-state index in [0.717, 1.165) is 32.3 Å². The maximum atomic E-state index is 12.2. The normalized spacial score (nSPS) is 27.2. The van der Waals surface area contributed by atoms with Gasteiger partial charge >= 0.3 is 5.97 Å². The van der Waals surface area contributed by atoms with Crippen LogP contribution in [0.1, 0.15) is 56.3 Å². The van der Waals surface area contributed by atoms with E-state index in [1.165, 1.54) is 6.42 Å². The SMILES string of the molecule is C[C@@H]1[C@H](C)CCC[C@@H]1NC(=O)COC(=O)c1ccc(OC[C@@H]2CCCO2)cc1. The summed E-state index contributed by atoms with van der Waals surface area (Å²) in [7, 11) is 0. The van der Waals surface area contributed by atoms with Crippen molar-refractivity contribution >= 4 is 11.9 Å². The lowest BCUT2D eigenvalue weighted by Crippen LogP contribution is -2.45. The summed E-state index contributed by atoms with van der Waals surface area (Å²) in [6.07, 6.45) is 5.56. The first-order chi connectivity index (χ1) is 13.5. The van der Waals surface area contributed by atoms with Gasteiger partial charge in [-0.05, 0) is 55.4 Å². The van der Waals surface area contributed by atoms with Crippen LogP contribution in [-0.2, 0) is 14.3 Å². The Morgan fingerprint density at radius 1 is 1.11 bits per heavy atom. The smallest absolute Gasteiger partial charge is 0.338 e. The van der Waals surface area contributed by atoms with E-state index in [0.29, 0.717) is 29.8 Å². The Morgan fingerprint density at radius 2 is 1.89 bits per heavy atom. The van der Waals surface area contributed by atoms with Gasteiger partial charge in [0.25, 0.3) is 5.91 Å². The Balaban J connectivity index is 1.40. The van der Waals surface area contributed by atoms with Gasteiger partial charge in [0.15, 0.2) is 6.61 Å². The van der Waals surface area contributed by atoms with Crippen molar-refractivity contribution in [2.75, 3.05) is 19.8 Å². The molecule has 1 aliphatic heterocycles. The molecule has 2 fully saturated rings. The van der Waals surface area contributed by atoms with E-state index in [1.54, 1.807) is 24.3 Å². The highest BCUT2D eigenvalue weighted by atomic mass is 16.5. The Bertz CT molecular complexity index is 653. The van der Waals surface area contributed by atoms with Crippen molar-refractivity contribution in [2.24, 2.45) is 11.8 Å². The standard InChI is InChI=1S/C22H31NO5/c1-15-5-3-7-20(16(15)2)23-21(24)14-28-22(25)17-8-10-18(11-9-17)27-13-19-6-4-12-26-19/h8-11,15-16,19-20H,3-7,12-14H2,1-2H3,(H,23,24)/t15-,16-,19+,20+/m1/s1. The second kappa shape index (κ2) is 9.92. The van der Waals surface area contributed by atoms with Crippen molar-refractivity contribution in [3.05, 3.63) is 29.8 Å². The number of carbonyl (C=O) groups is 2. The Kier molecular flexibility index (Phi) is 7.31. The average molecular weight is 389 g/mol. The van der Waals surface area contributed by atoms with E-state index in [4.69, 9.17) is 14.2 Å². The summed E-state index contributed by atoms with van der Waals surface area (Å²) in [5.41, 5.74) is 0.400. The first kappa shape index (κ1) is 20.6. The predicted octanol–water partition coefficient (Wildman–Crippen LogP) is 3.34. The van der Waals surface area contributed by atoms with Gasteiger partial charge in [-0.1, -0.05) is 26.7 Å². The average Bonchev–Trinajstić information content (AvgIpc) is 3.22. The molecule has 6 nitrogen and oxygen atoms in total. The van der Waals surface area contributed by atoms with E-state index in [-0.39, 0.29) is 24.7 Å². The van der Waals surface area contributed by atoms with Gasteiger partial charge in [0.1, 0.15) is 12.4 Å². The lowest BCUT2D eigenvalue weighted by atomic mass is 9.78. The van der Waals surface area contributed by atoms with Gasteiger partial charge in [-0.15, -0.1) is 0 Å². The number of benzene rings is 1. The first-order valence-electron chi connectivity index (χ1n) is 10.3. The molecular formula is C22H31NO5. The van der Waals surface area contributed by atoms with Crippen LogP contribution in [0.25, 0.3) is 0 Å². The van der Waals surface area contributed by atoms with E-state index in [2.05, 4.69) is 19.2 Å². The van der Waals surface area contributed by atoms with Crippen molar-refractivity contribution in [3.8, 4) is 5.75 Å². The first-order valence-corrected chi connectivity index (χ1v) is 10.3. The number of carbonyl (C=O) groups excluding carboxylic acids is 2. The molecule has 1 heterocycles. The summed E-state index contributed by atoms with van der Waals surface area (Å²) in [4.78, 5) is 24.3. The maximum Gasteiger partial charge on any atom is 0.338 e. The second-order valence-electron chi connectivity index (χ2n) is 7.99. The lowest BCUT2D eigenvalue weighted by Gasteiger charge is -2.34. The molecule has 3 rings (SSSR count). The molecule has 0 aromatic heterocycles. The molecule has 1 saturated heterocycles. The van der Waals surface area contributed by atoms with Gasteiger partial charge in [-0.3, -0.25) is 4.79 Å². The largest absolute Gasteiger partial charge is 0.491 e. The summed E-state index contributed by atoms with van der Waals surface area (Å²) in [6, 6.07) is 6.93. The van der Waals surface area contributed by atoms with Crippen LogP contribution in [0.5, 0.6) is 5.75 Å². The molecule has 1 saturated carbocycles. The van der Waals surface area contributed by atoms with Crippen LogP contribution in [0.3, 0.4) is 0 Å². The minimum Gasteiger partial charge on any atom is -0.491 e. The van der Waals surface area contributed by atoms with E-state index >= 15 is 0 Å². The Labute approximate surface area is 166 Å². The number of esters is 1. The molecule has 154 valence electrons. The van der Waals surface area contributed by atoms with Crippen LogP contribution in [0, 0.1) is 11.8 Å². The van der Waals surface area contributed by atoms with Gasteiger partial charge in [0, 0.05) is 12.6 Å². The number of rotatable bonds is 7. The minimum absolute atomic E-state index is 0.151. The molecule has 1 aromatic rings. The van der Waals surface area contributed by atoms with Gasteiger partial charge in [0.2, 0.25) is 0 Å². The third-order valence-corrected chi connectivity index (χ3v) is 5.94. The van der Waals surface area contributed by atoms with E-state index in [9.17, 15) is 9.59 Å². The molecule has 2 aliphatic rings. The molecule has 1 N–H and O–H groups in total. The monoisotopic (exact) mass is 389 g/mol. The lowest BCUT2D eigenvalue weighted by molar-refractivity contribution is -0.125. The van der Waals surface area contributed by atoms with Crippen LogP contribution < -0.4 is 10.1 Å². The highest BCUT2D eigenvalue weighted by Gasteiger charge is 2.28. The molecular weight excluding hydrogens is 358 g/mol. The van der Waals surface area contributed by atoms with Gasteiger partial charge in [-0.2, -0.15) is 0 Å². The van der Waals surface area contributed by atoms with E-state index < -0.39 is 5.97 Å². The third-order valence-electron chi connectivity index (χ3n) is 5.94. The molecule has 0 radical (unpaired) electrons. The molecule has 1 amide bonds. The Hall–Kier alpha value is -2.08. The third kappa shape index (κ3) is 5.71. The second-order valence-corrected chi connectivity index (χ2v) is 7.99. The molecule has 0 spiro atoms. The van der Waals surface area contributed by atoms with Crippen LogP contribution in [0.4, 0.5) is 0 Å². The van der Waals surface area contributed by atoms with Gasteiger partial charge in [-0.25, -0.2) is 4.79 Å².